The van der Waals surface area contributed by atoms with Gasteiger partial charge in [-0.2, -0.15) is 0 Å². The third-order valence-electron chi connectivity index (χ3n) is 3.99. The molecule has 98 heavy (non-hydrogen) atoms. The minimum atomic E-state index is -1.55. The Labute approximate surface area is 766 Å². The van der Waals surface area contributed by atoms with Gasteiger partial charge in [-0.3, -0.25) is 0 Å². The maximum atomic E-state index is 9.55. The molecule has 0 aromatic carbocycles. The van der Waals surface area contributed by atoms with Gasteiger partial charge in [-0.1, -0.05) is 0 Å². The monoisotopic (exact) mass is 1500 g/mol. The van der Waals surface area contributed by atoms with Crippen molar-refractivity contribution >= 4 is 131 Å². The van der Waals surface area contributed by atoms with Crippen molar-refractivity contribution in [3.05, 3.63) is 134 Å². The zero-order valence-electron chi connectivity index (χ0n) is 52.1. The molecule has 0 bridgehead atoms. The van der Waals surface area contributed by atoms with Gasteiger partial charge in [0.1, 0.15) is 0 Å². The number of hydrogen-bond acceptors (Lipinski definition) is 32. The van der Waals surface area contributed by atoms with E-state index in [1.165, 1.54) is 0 Å². The van der Waals surface area contributed by atoms with Crippen LogP contribution in [0.3, 0.4) is 0 Å². The Balaban J connectivity index is -0.0000000347. The van der Waals surface area contributed by atoms with Crippen LogP contribution in [-0.4, -0.2) is 193 Å². The van der Waals surface area contributed by atoms with E-state index >= 15 is 0 Å². The van der Waals surface area contributed by atoms with Gasteiger partial charge in [0, 0.05) is 72.9 Å². The van der Waals surface area contributed by atoms with E-state index in [0.717, 1.165) is 0 Å². The molecule has 0 rings (SSSR count). The minimum Gasteiger partial charge on any atom is -0.545 e. The maximum absolute atomic E-state index is 9.55. The molecule has 0 aliphatic rings. The topological polar surface area (TPSA) is 849 Å². The second-order valence-electron chi connectivity index (χ2n) is 10.9. The normalized spacial score (nSPS) is 8.53. The molecule has 0 aromatic rings. The molecule has 0 atom stereocenters. The Morgan fingerprint density at radius 3 is 0.184 bits per heavy atom. The largest absolute Gasteiger partial charge is 1.00 e. The van der Waals surface area contributed by atoms with Crippen molar-refractivity contribution < 1.29 is 513 Å². The molecule has 0 amide bonds. The fraction of sp³-hybridized carbons (Fsp3) is 0. The molecule has 0 fully saturated rings. The SMILES string of the molecule is O=C(O)/C=C/C(=O)O.O=C(O)/C=C/C(=O)O.O=C(O)/C=C/C(=O)O.O=C(O)/C=C/C(=O)O.O=C(O)/C=C/C(=O)O.O=C(O)/C=C/C(=O)O.O=C([O-])/C=C/C(=O)[O-].O=C([O-])/C=C/C(=O)[O-].O=C([O-])/C=C/C(=O)[O-].O=C([O-])/C=C/C(=O)[O-].O=C([O-])/C=C/C(=O)[O-].[Na+].[Na+].[Na+].[Na+].[Na+].[Na+].[Na+].[Na+].[Na+].[Na+]. The van der Waals surface area contributed by atoms with Crippen LogP contribution in [-0.2, 0) is 105 Å². The van der Waals surface area contributed by atoms with E-state index in [9.17, 15) is 157 Å². The van der Waals surface area contributed by atoms with Crippen molar-refractivity contribution in [2.75, 3.05) is 0 Å². The summed E-state index contributed by atoms with van der Waals surface area (Å²) in [5, 5.41) is 188. The van der Waals surface area contributed by atoms with Crippen LogP contribution < -0.4 is 347 Å². The summed E-state index contributed by atoms with van der Waals surface area (Å²) < 4.78 is 0. The molecule has 0 saturated carbocycles. The van der Waals surface area contributed by atoms with Crippen molar-refractivity contribution in [3.63, 3.8) is 0 Å². The molecule has 54 heteroatoms. The van der Waals surface area contributed by atoms with Crippen LogP contribution in [0.5, 0.6) is 0 Å². The van der Waals surface area contributed by atoms with Gasteiger partial charge in [-0.25, -0.2) is 57.5 Å². The first-order valence-electron chi connectivity index (χ1n) is 19.2. The first-order chi connectivity index (χ1) is 39.9. The summed E-state index contributed by atoms with van der Waals surface area (Å²) in [6, 6.07) is 0. The Morgan fingerprint density at radius 1 is 0.122 bits per heavy atom. The average Bonchev–Trinajstić information content (AvgIpc) is 3.36. The summed E-state index contributed by atoms with van der Waals surface area (Å²) in [5.41, 5.74) is 0. The summed E-state index contributed by atoms with van der Waals surface area (Å²) in [5.74, 6) is -30.6. The van der Waals surface area contributed by atoms with E-state index in [2.05, 4.69) is 0 Å². The molecule has 0 aliphatic heterocycles. The predicted molar refractivity (Wildman–Crippen MR) is 242 cm³/mol. The fourth-order valence-electron chi connectivity index (χ4n) is 1.54. The van der Waals surface area contributed by atoms with Gasteiger partial charge in [0.15, 0.2) is 0 Å². The zero-order chi connectivity index (χ0) is 72.3. The molecule has 44 nitrogen and oxygen atoms in total. The summed E-state index contributed by atoms with van der Waals surface area (Å²) in [7, 11) is 0. The molecular formula is C44H34Na10O44. The number of aliphatic carboxylic acids is 22. The smallest absolute Gasteiger partial charge is 0.545 e. The molecular weight excluding hydrogens is 1460 g/mol. The molecule has 0 spiro atoms. The van der Waals surface area contributed by atoms with Crippen molar-refractivity contribution in [1.29, 1.82) is 0 Å². The number of carbonyl (C=O) groups excluding carboxylic acids is 10. The molecule has 0 saturated heterocycles. The minimum absolute atomic E-state index is 0. The van der Waals surface area contributed by atoms with Crippen LogP contribution in [0.4, 0.5) is 0 Å². The Kier molecular flexibility index (Phi) is 172. The predicted octanol–water partition coefficient (Wildman–Crippen LogP) is -46.5. The number of carboxylic acids is 22. The van der Waals surface area contributed by atoms with Gasteiger partial charge in [-0.05, 0) is 60.8 Å². The second kappa shape index (κ2) is 111. The molecule has 0 radical (unpaired) electrons. The van der Waals surface area contributed by atoms with Gasteiger partial charge in [0.25, 0.3) is 0 Å². The van der Waals surface area contributed by atoms with E-state index in [0.29, 0.717) is 134 Å². The van der Waals surface area contributed by atoms with Gasteiger partial charge < -0.3 is 160 Å². The Hall–Kier alpha value is -4.52. The van der Waals surface area contributed by atoms with E-state index in [1.807, 2.05) is 0 Å². The average molecular weight is 1500 g/mol. The molecule has 0 unspecified atom stereocenters. The second-order valence-corrected chi connectivity index (χ2v) is 10.9. The van der Waals surface area contributed by atoms with Gasteiger partial charge in [0.05, 0.1) is 59.7 Å². The van der Waals surface area contributed by atoms with E-state index in [-0.39, 0.29) is 296 Å². The molecule has 484 valence electrons. The number of rotatable bonds is 22. The van der Waals surface area contributed by atoms with Gasteiger partial charge in [0.2, 0.25) is 0 Å². The number of carboxylic acid groups (broad SMARTS) is 22. The third-order valence-corrected chi connectivity index (χ3v) is 3.99. The van der Waals surface area contributed by atoms with Crippen LogP contribution in [0.25, 0.3) is 0 Å². The summed E-state index contributed by atoms with van der Waals surface area (Å²) >= 11 is 0. The van der Waals surface area contributed by atoms with Crippen LogP contribution in [0.2, 0.25) is 0 Å². The van der Waals surface area contributed by atoms with E-state index in [1.54, 1.807) is 0 Å². The summed E-state index contributed by atoms with van der Waals surface area (Å²) in [4.78, 5) is 209. The Bertz CT molecular complexity index is 2000. The zero-order valence-corrected chi connectivity index (χ0v) is 72.1. The van der Waals surface area contributed by atoms with E-state index < -0.39 is 131 Å². The quantitative estimate of drug-likeness (QED) is 0.0354. The fourth-order valence-corrected chi connectivity index (χ4v) is 1.54. The van der Waals surface area contributed by atoms with Gasteiger partial charge in [-0.15, -0.1) is 0 Å². The van der Waals surface area contributed by atoms with Crippen LogP contribution in [0, 0.1) is 0 Å². The summed E-state index contributed by atoms with van der Waals surface area (Å²) in [6.07, 6.45) is 10.5. The molecule has 12 N–H and O–H groups in total. The maximum Gasteiger partial charge on any atom is 1.00 e. The third kappa shape index (κ3) is 294. The number of carbonyl (C=O) groups is 22. The number of hydrogen-bond donors (Lipinski definition) is 12. The van der Waals surface area contributed by atoms with Gasteiger partial charge >= 0.3 is 367 Å². The Morgan fingerprint density at radius 2 is 0.163 bits per heavy atom. The molecule has 0 aromatic heterocycles. The molecule has 0 aliphatic carbocycles. The molecule has 0 heterocycles. The first kappa shape index (κ1) is 152. The van der Waals surface area contributed by atoms with Crippen molar-refractivity contribution in [2.24, 2.45) is 0 Å². The van der Waals surface area contributed by atoms with Crippen LogP contribution >= 0.6 is 0 Å². The van der Waals surface area contributed by atoms with Crippen LogP contribution in [0.15, 0.2) is 134 Å². The van der Waals surface area contributed by atoms with Crippen molar-refractivity contribution in [3.8, 4) is 0 Å². The van der Waals surface area contributed by atoms with Crippen molar-refractivity contribution in [2.45, 2.75) is 0 Å². The van der Waals surface area contributed by atoms with E-state index in [4.69, 9.17) is 61.3 Å². The standard InChI is InChI=1S/11C4H4O4.10Na/c11*5-3(6)1-2-4(7)8;;;;;;;;;;/h11*1-2H,(H,5,6)(H,7,8);;;;;;;;;;/q;;;;;;;;;;;10*+1/p-10/b11*2-1+;;;;;;;;;;. The van der Waals surface area contributed by atoms with Crippen LogP contribution in [0.1, 0.15) is 0 Å². The first-order valence-corrected chi connectivity index (χ1v) is 19.2. The van der Waals surface area contributed by atoms with Crippen molar-refractivity contribution in [1.82, 2.24) is 0 Å². The summed E-state index contributed by atoms with van der Waals surface area (Å²) in [6.45, 7) is 0.